The van der Waals surface area contributed by atoms with Gasteiger partial charge in [0.05, 0.1) is 5.69 Å². The maximum absolute atomic E-state index is 10.8. The second-order valence-electron chi connectivity index (χ2n) is 3.11. The van der Waals surface area contributed by atoms with Crippen molar-refractivity contribution in [1.82, 2.24) is 9.78 Å². The first-order chi connectivity index (χ1) is 6.61. The molecule has 6 nitrogen and oxygen atoms in total. The summed E-state index contributed by atoms with van der Waals surface area (Å²) in [5.74, 6) is -2.50. The molecular weight excluding hydrogens is 188 g/mol. The Morgan fingerprint density at radius 1 is 1.29 bits per heavy atom. The molecule has 14 heavy (non-hydrogen) atoms. The zero-order valence-corrected chi connectivity index (χ0v) is 7.23. The van der Waals surface area contributed by atoms with E-state index in [1.54, 1.807) is 0 Å². The van der Waals surface area contributed by atoms with E-state index in [9.17, 15) is 9.59 Å². The molecule has 2 rings (SSSR count). The van der Waals surface area contributed by atoms with Crippen LogP contribution in [-0.2, 0) is 13.0 Å². The Bertz CT molecular complexity index is 421. The monoisotopic (exact) mass is 196 g/mol. The van der Waals surface area contributed by atoms with Gasteiger partial charge in [-0.2, -0.15) is 5.10 Å². The summed E-state index contributed by atoms with van der Waals surface area (Å²) in [7, 11) is 0. The minimum atomic E-state index is -1.29. The topological polar surface area (TPSA) is 92.4 Å². The summed E-state index contributed by atoms with van der Waals surface area (Å²) in [5, 5.41) is 21.3. The van der Waals surface area contributed by atoms with Crippen LogP contribution in [0.2, 0.25) is 0 Å². The Morgan fingerprint density at radius 3 is 2.57 bits per heavy atom. The van der Waals surface area contributed by atoms with Crippen molar-refractivity contribution in [2.75, 3.05) is 0 Å². The van der Waals surface area contributed by atoms with Gasteiger partial charge < -0.3 is 10.2 Å². The van der Waals surface area contributed by atoms with Crippen LogP contribution in [0.1, 0.15) is 33.0 Å². The van der Waals surface area contributed by atoms with Gasteiger partial charge in [0.2, 0.25) is 0 Å². The summed E-state index contributed by atoms with van der Waals surface area (Å²) in [4.78, 5) is 21.5. The van der Waals surface area contributed by atoms with Crippen molar-refractivity contribution in [2.24, 2.45) is 0 Å². The first-order valence-electron chi connectivity index (χ1n) is 4.17. The number of hydrogen-bond donors (Lipinski definition) is 2. The van der Waals surface area contributed by atoms with E-state index >= 15 is 0 Å². The van der Waals surface area contributed by atoms with E-state index in [0.717, 1.165) is 6.42 Å². The standard InChI is InChI=1S/C8H8N2O4/c11-7(12)5-4-2-1-3-10(4)9-6(5)8(13)14/h1-3H2,(H,11,12)(H,13,14). The number of aromatic carboxylic acids is 2. The van der Waals surface area contributed by atoms with Gasteiger partial charge in [0, 0.05) is 6.54 Å². The smallest absolute Gasteiger partial charge is 0.357 e. The van der Waals surface area contributed by atoms with Gasteiger partial charge in [0.15, 0.2) is 5.69 Å². The lowest BCUT2D eigenvalue weighted by Crippen LogP contribution is -2.08. The van der Waals surface area contributed by atoms with Crippen LogP contribution in [0.4, 0.5) is 0 Å². The fourth-order valence-electron chi connectivity index (χ4n) is 1.71. The minimum Gasteiger partial charge on any atom is -0.478 e. The quantitative estimate of drug-likeness (QED) is 0.706. The number of carbonyl (C=O) groups is 2. The predicted molar refractivity (Wildman–Crippen MR) is 44.5 cm³/mol. The van der Waals surface area contributed by atoms with Crippen molar-refractivity contribution in [2.45, 2.75) is 19.4 Å². The highest BCUT2D eigenvalue weighted by molar-refractivity contribution is 6.01. The number of rotatable bonds is 2. The summed E-state index contributed by atoms with van der Waals surface area (Å²) in [5.41, 5.74) is 0.0112. The Labute approximate surface area is 78.8 Å². The third-order valence-corrected chi connectivity index (χ3v) is 2.26. The number of carboxylic acids is 2. The van der Waals surface area contributed by atoms with E-state index in [1.165, 1.54) is 4.68 Å². The number of nitrogens with zero attached hydrogens (tertiary/aromatic N) is 2. The van der Waals surface area contributed by atoms with Crippen molar-refractivity contribution >= 4 is 11.9 Å². The number of carboxylic acid groups (broad SMARTS) is 2. The van der Waals surface area contributed by atoms with Crippen LogP contribution in [0.15, 0.2) is 0 Å². The Hall–Kier alpha value is -1.85. The van der Waals surface area contributed by atoms with Gasteiger partial charge in [0.1, 0.15) is 5.56 Å². The molecule has 0 spiro atoms. The van der Waals surface area contributed by atoms with Gasteiger partial charge in [-0.25, -0.2) is 9.59 Å². The van der Waals surface area contributed by atoms with E-state index in [0.29, 0.717) is 18.7 Å². The Morgan fingerprint density at radius 2 is 2.00 bits per heavy atom. The van der Waals surface area contributed by atoms with E-state index in [1.807, 2.05) is 0 Å². The zero-order valence-electron chi connectivity index (χ0n) is 7.23. The van der Waals surface area contributed by atoms with Crippen LogP contribution in [-0.4, -0.2) is 31.9 Å². The molecule has 0 fully saturated rings. The minimum absolute atomic E-state index is 0.157. The number of aromatic nitrogens is 2. The molecule has 2 N–H and O–H groups in total. The molecule has 1 aromatic rings. The Balaban J connectivity index is 2.62. The van der Waals surface area contributed by atoms with Crippen LogP contribution >= 0.6 is 0 Å². The lowest BCUT2D eigenvalue weighted by molar-refractivity contribution is 0.0647. The molecule has 0 amide bonds. The summed E-state index contributed by atoms with van der Waals surface area (Å²) in [6, 6.07) is 0. The largest absolute Gasteiger partial charge is 0.478 e. The molecule has 0 unspecified atom stereocenters. The summed E-state index contributed by atoms with van der Waals surface area (Å²) >= 11 is 0. The molecule has 0 atom stereocenters. The fraction of sp³-hybridized carbons (Fsp3) is 0.375. The number of hydrogen-bond acceptors (Lipinski definition) is 3. The normalized spacial score (nSPS) is 14.0. The molecule has 0 saturated carbocycles. The SMILES string of the molecule is O=C(O)c1nn2c(c1C(=O)O)CCC2. The third-order valence-electron chi connectivity index (χ3n) is 2.26. The van der Waals surface area contributed by atoms with Crippen molar-refractivity contribution < 1.29 is 19.8 Å². The maximum atomic E-state index is 10.8. The number of aryl methyl sites for hydroxylation is 1. The zero-order chi connectivity index (χ0) is 10.3. The molecule has 0 aromatic carbocycles. The van der Waals surface area contributed by atoms with Crippen molar-refractivity contribution in [1.29, 1.82) is 0 Å². The second kappa shape index (κ2) is 2.83. The molecule has 1 aliphatic heterocycles. The van der Waals surface area contributed by atoms with E-state index in [4.69, 9.17) is 10.2 Å². The molecule has 0 aliphatic carbocycles. The molecule has 6 heteroatoms. The van der Waals surface area contributed by atoms with Crippen molar-refractivity contribution in [3.05, 3.63) is 17.0 Å². The van der Waals surface area contributed by atoms with Crippen molar-refractivity contribution in [3.63, 3.8) is 0 Å². The van der Waals surface area contributed by atoms with E-state index in [2.05, 4.69) is 5.10 Å². The predicted octanol–water partition coefficient (Wildman–Crippen LogP) is 0.226. The maximum Gasteiger partial charge on any atom is 0.357 e. The third kappa shape index (κ3) is 1.07. The van der Waals surface area contributed by atoms with Gasteiger partial charge in [-0.1, -0.05) is 0 Å². The van der Waals surface area contributed by atoms with Gasteiger partial charge >= 0.3 is 11.9 Å². The molecule has 1 aromatic heterocycles. The van der Waals surface area contributed by atoms with E-state index in [-0.39, 0.29) is 11.3 Å². The van der Waals surface area contributed by atoms with Crippen LogP contribution in [0.25, 0.3) is 0 Å². The average molecular weight is 196 g/mol. The van der Waals surface area contributed by atoms with Crippen LogP contribution < -0.4 is 0 Å². The highest BCUT2D eigenvalue weighted by Crippen LogP contribution is 2.21. The fourth-order valence-corrected chi connectivity index (χ4v) is 1.71. The highest BCUT2D eigenvalue weighted by atomic mass is 16.4. The van der Waals surface area contributed by atoms with Gasteiger partial charge in [-0.3, -0.25) is 4.68 Å². The first-order valence-corrected chi connectivity index (χ1v) is 4.17. The summed E-state index contributed by atoms with van der Waals surface area (Å²) < 4.78 is 1.47. The van der Waals surface area contributed by atoms with E-state index < -0.39 is 11.9 Å². The van der Waals surface area contributed by atoms with Gasteiger partial charge in [-0.05, 0) is 12.8 Å². The van der Waals surface area contributed by atoms with Crippen LogP contribution in [0.3, 0.4) is 0 Å². The summed E-state index contributed by atoms with van der Waals surface area (Å²) in [6.45, 7) is 0.600. The molecule has 2 heterocycles. The number of fused-ring (bicyclic) bond motifs is 1. The molecule has 0 radical (unpaired) electrons. The molecule has 0 bridgehead atoms. The molecule has 1 aliphatic rings. The average Bonchev–Trinajstić information content (AvgIpc) is 2.58. The second-order valence-corrected chi connectivity index (χ2v) is 3.11. The summed E-state index contributed by atoms with van der Waals surface area (Å²) in [6.07, 6.45) is 1.41. The molecule has 74 valence electrons. The lowest BCUT2D eigenvalue weighted by atomic mass is 10.1. The highest BCUT2D eigenvalue weighted by Gasteiger charge is 2.29. The van der Waals surface area contributed by atoms with Gasteiger partial charge in [0.25, 0.3) is 0 Å². The molecule has 0 saturated heterocycles. The van der Waals surface area contributed by atoms with Crippen LogP contribution in [0.5, 0.6) is 0 Å². The van der Waals surface area contributed by atoms with Crippen LogP contribution in [0, 0.1) is 0 Å². The molecular formula is C8H8N2O4. The van der Waals surface area contributed by atoms with Crippen molar-refractivity contribution in [3.8, 4) is 0 Å². The lowest BCUT2D eigenvalue weighted by Gasteiger charge is -1.93. The first kappa shape index (κ1) is 8.74. The van der Waals surface area contributed by atoms with Gasteiger partial charge in [-0.15, -0.1) is 0 Å². The Kier molecular flexibility index (Phi) is 1.77.